The number of rotatable bonds is 6. The Morgan fingerprint density at radius 2 is 2.27 bits per heavy atom. The predicted octanol–water partition coefficient (Wildman–Crippen LogP) is 2.70. The minimum absolute atomic E-state index is 0.0689. The van der Waals surface area contributed by atoms with Crippen LogP contribution in [0, 0.1) is 0 Å². The highest BCUT2D eigenvalue weighted by Crippen LogP contribution is 2.22. The van der Waals surface area contributed by atoms with E-state index in [1.54, 1.807) is 18.6 Å². The van der Waals surface area contributed by atoms with Crippen LogP contribution < -0.4 is 11.1 Å². The highest BCUT2D eigenvalue weighted by molar-refractivity contribution is 5.91. The minimum atomic E-state index is -0.0689. The summed E-state index contributed by atoms with van der Waals surface area (Å²) >= 11 is 0. The van der Waals surface area contributed by atoms with Crippen molar-refractivity contribution in [1.82, 2.24) is 19.7 Å². The quantitative estimate of drug-likeness (QED) is 0.702. The second-order valence-corrected chi connectivity index (χ2v) is 6.27. The average Bonchev–Trinajstić information content (AvgIpc) is 3.10. The number of pyridine rings is 2. The molecule has 136 valence electrons. The molecular formula is C18H22N6O2. The van der Waals surface area contributed by atoms with Crippen LogP contribution in [0.25, 0.3) is 10.8 Å². The van der Waals surface area contributed by atoms with Crippen LogP contribution in [0.3, 0.4) is 0 Å². The fourth-order valence-corrected chi connectivity index (χ4v) is 2.98. The van der Waals surface area contributed by atoms with Gasteiger partial charge in [-0.05, 0) is 36.8 Å². The van der Waals surface area contributed by atoms with E-state index in [-0.39, 0.29) is 6.29 Å². The molecule has 8 nitrogen and oxygen atoms in total. The van der Waals surface area contributed by atoms with E-state index in [1.165, 1.54) is 6.42 Å². The lowest BCUT2D eigenvalue weighted by atomic mass is 10.2. The molecule has 1 unspecified atom stereocenters. The normalized spacial score (nSPS) is 17.5. The molecule has 0 amide bonds. The van der Waals surface area contributed by atoms with E-state index in [9.17, 15) is 0 Å². The summed E-state index contributed by atoms with van der Waals surface area (Å²) in [6.45, 7) is 2.04. The van der Waals surface area contributed by atoms with Gasteiger partial charge in [0.25, 0.3) is 0 Å². The van der Waals surface area contributed by atoms with Gasteiger partial charge in [0.2, 0.25) is 0 Å². The van der Waals surface area contributed by atoms with Crippen molar-refractivity contribution in [1.29, 1.82) is 0 Å². The van der Waals surface area contributed by atoms with Crippen LogP contribution in [0.4, 0.5) is 17.3 Å². The molecule has 3 aromatic rings. The third-order valence-electron chi connectivity index (χ3n) is 4.35. The van der Waals surface area contributed by atoms with Crippen molar-refractivity contribution < 1.29 is 9.47 Å². The number of anilines is 3. The van der Waals surface area contributed by atoms with Crippen LogP contribution in [-0.4, -0.2) is 39.3 Å². The van der Waals surface area contributed by atoms with Crippen LogP contribution in [0.2, 0.25) is 0 Å². The molecule has 1 aliphatic heterocycles. The Hall–Kier alpha value is -2.71. The van der Waals surface area contributed by atoms with Crippen molar-refractivity contribution in [3.63, 3.8) is 0 Å². The largest absolute Gasteiger partial charge is 0.383 e. The van der Waals surface area contributed by atoms with Gasteiger partial charge in [0.15, 0.2) is 6.29 Å². The summed E-state index contributed by atoms with van der Waals surface area (Å²) in [6, 6.07) is 3.85. The van der Waals surface area contributed by atoms with Gasteiger partial charge in [0.1, 0.15) is 11.6 Å². The van der Waals surface area contributed by atoms with E-state index < -0.39 is 0 Å². The predicted molar refractivity (Wildman–Crippen MR) is 99.0 cm³/mol. The molecule has 1 aliphatic rings. The van der Waals surface area contributed by atoms with Gasteiger partial charge < -0.3 is 20.5 Å². The number of hydrogen-bond acceptors (Lipinski definition) is 7. The lowest BCUT2D eigenvalue weighted by molar-refractivity contribution is -0.163. The first-order valence-electron chi connectivity index (χ1n) is 8.81. The molecule has 1 atom stereocenters. The summed E-state index contributed by atoms with van der Waals surface area (Å²) < 4.78 is 13.1. The lowest BCUT2D eigenvalue weighted by Gasteiger charge is -2.22. The molecule has 8 heteroatoms. The van der Waals surface area contributed by atoms with Gasteiger partial charge in [-0.1, -0.05) is 0 Å². The van der Waals surface area contributed by atoms with E-state index in [4.69, 9.17) is 15.2 Å². The van der Waals surface area contributed by atoms with Crippen molar-refractivity contribution >= 4 is 28.1 Å². The van der Waals surface area contributed by atoms with Crippen molar-refractivity contribution in [2.24, 2.45) is 0 Å². The Bertz CT molecular complexity index is 875. The summed E-state index contributed by atoms with van der Waals surface area (Å²) in [5.74, 6) is 1.21. The number of nitrogen functional groups attached to an aromatic ring is 1. The SMILES string of the molecule is Nc1nccc2cc(Nc3cnn(CCOC4CCCCO4)c3)ncc12. The first-order valence-corrected chi connectivity index (χ1v) is 8.81. The fraction of sp³-hybridized carbons (Fsp3) is 0.389. The molecule has 1 saturated heterocycles. The third kappa shape index (κ3) is 3.92. The minimum Gasteiger partial charge on any atom is -0.383 e. The van der Waals surface area contributed by atoms with E-state index in [2.05, 4.69) is 20.4 Å². The summed E-state index contributed by atoms with van der Waals surface area (Å²) in [5, 5.41) is 9.43. The highest BCUT2D eigenvalue weighted by atomic mass is 16.7. The van der Waals surface area contributed by atoms with Crippen LogP contribution >= 0.6 is 0 Å². The average molecular weight is 354 g/mol. The molecule has 0 spiro atoms. The van der Waals surface area contributed by atoms with Crippen molar-refractivity contribution in [2.45, 2.75) is 32.1 Å². The molecule has 0 bridgehead atoms. The van der Waals surface area contributed by atoms with Crippen molar-refractivity contribution in [2.75, 3.05) is 24.3 Å². The number of nitrogens with one attached hydrogen (secondary N) is 1. The Labute approximate surface area is 151 Å². The third-order valence-corrected chi connectivity index (χ3v) is 4.35. The topological polar surface area (TPSA) is 100 Å². The van der Waals surface area contributed by atoms with Crippen LogP contribution in [-0.2, 0) is 16.0 Å². The van der Waals surface area contributed by atoms with Crippen LogP contribution in [0.1, 0.15) is 19.3 Å². The zero-order chi connectivity index (χ0) is 17.8. The van der Waals surface area contributed by atoms with Crippen molar-refractivity contribution in [3.8, 4) is 0 Å². The van der Waals surface area contributed by atoms with E-state index >= 15 is 0 Å². The van der Waals surface area contributed by atoms with Gasteiger partial charge in [0.05, 0.1) is 25.0 Å². The van der Waals surface area contributed by atoms with Gasteiger partial charge in [-0.15, -0.1) is 0 Å². The zero-order valence-electron chi connectivity index (χ0n) is 14.5. The molecule has 4 rings (SSSR count). The molecule has 26 heavy (non-hydrogen) atoms. The number of aromatic nitrogens is 4. The molecule has 1 fully saturated rings. The van der Waals surface area contributed by atoms with Gasteiger partial charge in [0, 0.05) is 30.6 Å². The second kappa shape index (κ2) is 7.67. The van der Waals surface area contributed by atoms with Crippen LogP contribution in [0.5, 0.6) is 0 Å². The lowest BCUT2D eigenvalue weighted by Crippen LogP contribution is -2.24. The Morgan fingerprint density at radius 1 is 1.31 bits per heavy atom. The fourth-order valence-electron chi connectivity index (χ4n) is 2.98. The maximum atomic E-state index is 5.86. The first-order chi connectivity index (χ1) is 12.8. The number of nitrogens with zero attached hydrogens (tertiary/aromatic N) is 4. The molecule has 0 saturated carbocycles. The van der Waals surface area contributed by atoms with Gasteiger partial charge in [-0.3, -0.25) is 4.68 Å². The van der Waals surface area contributed by atoms with Crippen molar-refractivity contribution in [3.05, 3.63) is 36.9 Å². The molecule has 0 aliphatic carbocycles. The monoisotopic (exact) mass is 354 g/mol. The molecule has 0 radical (unpaired) electrons. The summed E-state index contributed by atoms with van der Waals surface area (Å²) in [4.78, 5) is 8.46. The second-order valence-electron chi connectivity index (χ2n) is 6.27. The number of ether oxygens (including phenoxy) is 2. The molecule has 0 aromatic carbocycles. The summed E-state index contributed by atoms with van der Waals surface area (Å²) in [6.07, 6.45) is 10.3. The maximum absolute atomic E-state index is 5.86. The van der Waals surface area contributed by atoms with E-state index in [0.717, 1.165) is 41.7 Å². The Morgan fingerprint density at radius 3 is 3.15 bits per heavy atom. The molecule has 4 heterocycles. The summed E-state index contributed by atoms with van der Waals surface area (Å²) in [5.41, 5.74) is 6.73. The standard InChI is InChI=1S/C18H22N6O2/c19-18-15-11-21-16(9-13(15)4-5-20-18)23-14-10-22-24(12-14)6-8-26-17-3-1-2-7-25-17/h4-5,9-12,17H,1-3,6-8H2,(H2,19,20)(H,21,23). The van der Waals surface area contributed by atoms with Crippen LogP contribution in [0.15, 0.2) is 36.9 Å². The Kier molecular flexibility index (Phi) is 4.94. The van der Waals surface area contributed by atoms with Gasteiger partial charge in [-0.2, -0.15) is 5.10 Å². The molecule has 3 aromatic heterocycles. The smallest absolute Gasteiger partial charge is 0.157 e. The molecule has 3 N–H and O–H groups in total. The number of hydrogen-bond donors (Lipinski definition) is 2. The maximum Gasteiger partial charge on any atom is 0.157 e. The van der Waals surface area contributed by atoms with E-state index in [0.29, 0.717) is 19.0 Å². The summed E-state index contributed by atoms with van der Waals surface area (Å²) in [7, 11) is 0. The van der Waals surface area contributed by atoms with Gasteiger partial charge in [-0.25, -0.2) is 9.97 Å². The Balaban J connectivity index is 1.34. The first kappa shape index (κ1) is 16.7. The number of nitrogens with two attached hydrogens (primary N) is 1. The number of fused-ring (bicyclic) bond motifs is 1. The molecular weight excluding hydrogens is 332 g/mol. The highest BCUT2D eigenvalue weighted by Gasteiger charge is 2.13. The van der Waals surface area contributed by atoms with Gasteiger partial charge >= 0.3 is 0 Å². The van der Waals surface area contributed by atoms with E-state index in [1.807, 2.05) is 23.0 Å². The zero-order valence-corrected chi connectivity index (χ0v) is 14.5.